The fraction of sp³-hybridized carbons (Fsp3) is 0.571. The number of nitrogens with one attached hydrogen (secondary N) is 2. The Bertz CT molecular complexity index is 497. The Labute approximate surface area is 145 Å². The molecule has 0 aliphatic rings. The minimum Gasteiger partial charge on any atom is -0.480 e. The summed E-state index contributed by atoms with van der Waals surface area (Å²) in [5.74, 6) is -3.63. The monoisotopic (exact) mass is 361 g/mol. The van der Waals surface area contributed by atoms with Gasteiger partial charge >= 0.3 is 11.9 Å². The van der Waals surface area contributed by atoms with Gasteiger partial charge in [-0.1, -0.05) is 6.58 Å². The molecule has 6 N–H and O–H groups in total. The molecule has 0 aromatic carbocycles. The van der Waals surface area contributed by atoms with Gasteiger partial charge in [-0.3, -0.25) is 14.4 Å². The van der Waals surface area contributed by atoms with Gasteiger partial charge in [0.1, 0.15) is 18.1 Å². The predicted octanol–water partition coefficient (Wildman–Crippen LogP) is -0.871. The van der Waals surface area contributed by atoms with Gasteiger partial charge in [-0.25, -0.2) is 4.79 Å². The Balaban J connectivity index is 4.50. The molecule has 136 valence electrons. The smallest absolute Gasteiger partial charge is 0.330 e. The molecule has 2 amide bonds. The number of carbonyl (C=O) groups is 4. The van der Waals surface area contributed by atoms with Crippen LogP contribution in [0.2, 0.25) is 0 Å². The Morgan fingerprint density at radius 3 is 2.17 bits per heavy atom. The van der Waals surface area contributed by atoms with Gasteiger partial charge in [-0.2, -0.15) is 12.6 Å². The van der Waals surface area contributed by atoms with Crippen molar-refractivity contribution in [1.29, 1.82) is 0 Å². The molecule has 0 bridgehead atoms. The van der Waals surface area contributed by atoms with Crippen LogP contribution in [0.4, 0.5) is 0 Å². The second-order valence-electron chi connectivity index (χ2n) is 5.27. The van der Waals surface area contributed by atoms with Crippen molar-refractivity contribution in [2.75, 3.05) is 5.75 Å². The Morgan fingerprint density at radius 2 is 1.75 bits per heavy atom. The molecule has 0 heterocycles. The fourth-order valence-electron chi connectivity index (χ4n) is 1.71. The van der Waals surface area contributed by atoms with E-state index < -0.39 is 41.9 Å². The molecule has 0 aromatic rings. The lowest BCUT2D eigenvalue weighted by Crippen LogP contribution is -2.52. The summed E-state index contributed by atoms with van der Waals surface area (Å²) in [5.41, 5.74) is 5.56. The highest BCUT2D eigenvalue weighted by molar-refractivity contribution is 7.80. The fourth-order valence-corrected chi connectivity index (χ4v) is 1.96. The van der Waals surface area contributed by atoms with Crippen LogP contribution in [0.15, 0.2) is 12.2 Å². The van der Waals surface area contributed by atoms with Crippen LogP contribution in [-0.4, -0.2) is 57.8 Å². The zero-order valence-corrected chi connectivity index (χ0v) is 14.2. The van der Waals surface area contributed by atoms with Crippen LogP contribution in [0, 0.1) is 0 Å². The first-order chi connectivity index (χ1) is 11.1. The number of hydrogen-bond acceptors (Lipinski definition) is 6. The second kappa shape index (κ2) is 10.7. The van der Waals surface area contributed by atoms with Crippen molar-refractivity contribution in [1.82, 2.24) is 10.6 Å². The average Bonchev–Trinajstić information content (AvgIpc) is 2.48. The second-order valence-corrected chi connectivity index (χ2v) is 5.63. The maximum atomic E-state index is 12.0. The van der Waals surface area contributed by atoms with Gasteiger partial charge in [-0.05, 0) is 25.3 Å². The number of rotatable bonds is 11. The highest BCUT2D eigenvalue weighted by atomic mass is 32.1. The summed E-state index contributed by atoms with van der Waals surface area (Å²) in [6, 6.07) is -3.32. The van der Waals surface area contributed by atoms with Gasteiger partial charge in [0.25, 0.3) is 0 Å². The molecule has 0 saturated carbocycles. The average molecular weight is 361 g/mol. The Hall–Kier alpha value is -2.07. The summed E-state index contributed by atoms with van der Waals surface area (Å²) < 4.78 is 0. The van der Waals surface area contributed by atoms with Crippen LogP contribution in [0.5, 0.6) is 0 Å². The third kappa shape index (κ3) is 7.97. The molecule has 0 rings (SSSR count). The zero-order chi connectivity index (χ0) is 18.9. The SMILES string of the molecule is C=C(C)[C@@H](NC(=O)C(CS)NC(=O)CCCC(N)C(=O)O)C(=O)O. The Kier molecular flexibility index (Phi) is 9.74. The number of carboxylic acid groups (broad SMARTS) is 2. The maximum absolute atomic E-state index is 12.0. The van der Waals surface area contributed by atoms with E-state index >= 15 is 0 Å². The molecule has 0 aromatic heterocycles. The molecular formula is C14H23N3O6S. The summed E-state index contributed by atoms with van der Waals surface area (Å²) in [6.45, 7) is 4.94. The van der Waals surface area contributed by atoms with E-state index in [9.17, 15) is 19.2 Å². The van der Waals surface area contributed by atoms with E-state index in [0.717, 1.165) is 0 Å². The molecule has 0 saturated heterocycles. The number of amides is 2. The molecule has 0 fully saturated rings. The number of nitrogens with two attached hydrogens (primary N) is 1. The zero-order valence-electron chi connectivity index (χ0n) is 13.3. The molecular weight excluding hydrogens is 338 g/mol. The van der Waals surface area contributed by atoms with Gasteiger partial charge in [0.2, 0.25) is 11.8 Å². The quantitative estimate of drug-likeness (QED) is 0.206. The van der Waals surface area contributed by atoms with Crippen molar-refractivity contribution >= 4 is 36.4 Å². The molecule has 0 aliphatic heterocycles. The highest BCUT2D eigenvalue weighted by Crippen LogP contribution is 2.02. The summed E-state index contributed by atoms with van der Waals surface area (Å²) in [7, 11) is 0. The number of carbonyl (C=O) groups excluding carboxylic acids is 2. The van der Waals surface area contributed by atoms with E-state index in [1.165, 1.54) is 6.92 Å². The molecule has 24 heavy (non-hydrogen) atoms. The number of hydrogen-bond donors (Lipinski definition) is 6. The van der Waals surface area contributed by atoms with Gasteiger partial charge in [0, 0.05) is 12.2 Å². The van der Waals surface area contributed by atoms with Gasteiger partial charge in [0.05, 0.1) is 0 Å². The van der Waals surface area contributed by atoms with E-state index in [0.29, 0.717) is 0 Å². The first-order valence-corrected chi connectivity index (χ1v) is 7.80. The minimum absolute atomic E-state index is 0.0125. The van der Waals surface area contributed by atoms with Crippen molar-refractivity contribution in [3.8, 4) is 0 Å². The molecule has 0 radical (unpaired) electrons. The first-order valence-electron chi connectivity index (χ1n) is 7.17. The topological polar surface area (TPSA) is 159 Å². The molecule has 0 spiro atoms. The minimum atomic E-state index is -1.26. The summed E-state index contributed by atoms with van der Waals surface area (Å²) >= 11 is 3.96. The van der Waals surface area contributed by atoms with Crippen LogP contribution < -0.4 is 16.4 Å². The molecule has 0 aliphatic carbocycles. The predicted molar refractivity (Wildman–Crippen MR) is 89.6 cm³/mol. The van der Waals surface area contributed by atoms with Crippen LogP contribution in [0.25, 0.3) is 0 Å². The molecule has 10 heteroatoms. The van der Waals surface area contributed by atoms with Crippen molar-refractivity contribution in [2.45, 2.75) is 44.3 Å². The standard InChI is InChI=1S/C14H23N3O6S/c1-7(2)11(14(22)23)17-12(19)9(6-24)16-10(18)5-3-4-8(15)13(20)21/h8-9,11,24H,1,3-6,15H2,2H3,(H,16,18)(H,17,19)(H,20,21)(H,22,23)/t8?,9?,11-/m1/s1. The largest absolute Gasteiger partial charge is 0.480 e. The summed E-state index contributed by atoms with van der Waals surface area (Å²) in [5, 5.41) is 22.3. The van der Waals surface area contributed by atoms with Crippen molar-refractivity contribution in [3.63, 3.8) is 0 Å². The van der Waals surface area contributed by atoms with Crippen molar-refractivity contribution in [3.05, 3.63) is 12.2 Å². The maximum Gasteiger partial charge on any atom is 0.330 e. The molecule has 9 nitrogen and oxygen atoms in total. The van der Waals surface area contributed by atoms with Gasteiger partial charge < -0.3 is 26.6 Å². The number of carboxylic acids is 2. The van der Waals surface area contributed by atoms with Crippen LogP contribution in [-0.2, 0) is 19.2 Å². The summed E-state index contributed by atoms with van der Waals surface area (Å²) in [6.07, 6.45) is 0.350. The number of thiol groups is 1. The lowest BCUT2D eigenvalue weighted by atomic mass is 10.1. The number of aliphatic carboxylic acids is 2. The van der Waals surface area contributed by atoms with Crippen LogP contribution in [0.1, 0.15) is 26.2 Å². The third-order valence-electron chi connectivity index (χ3n) is 3.10. The van der Waals surface area contributed by atoms with Crippen LogP contribution in [0.3, 0.4) is 0 Å². The molecule has 3 atom stereocenters. The lowest BCUT2D eigenvalue weighted by molar-refractivity contribution is -0.141. The lowest BCUT2D eigenvalue weighted by Gasteiger charge is -2.20. The molecule has 2 unspecified atom stereocenters. The van der Waals surface area contributed by atoms with Crippen molar-refractivity contribution < 1.29 is 29.4 Å². The van der Waals surface area contributed by atoms with E-state index in [1.54, 1.807) is 0 Å². The third-order valence-corrected chi connectivity index (χ3v) is 3.46. The van der Waals surface area contributed by atoms with Gasteiger partial charge in [0.15, 0.2) is 0 Å². The van der Waals surface area contributed by atoms with E-state index in [4.69, 9.17) is 15.9 Å². The highest BCUT2D eigenvalue weighted by Gasteiger charge is 2.26. The van der Waals surface area contributed by atoms with Gasteiger partial charge in [-0.15, -0.1) is 0 Å². The first kappa shape index (κ1) is 21.9. The van der Waals surface area contributed by atoms with Crippen molar-refractivity contribution in [2.24, 2.45) is 5.73 Å². The van der Waals surface area contributed by atoms with Crippen LogP contribution >= 0.6 is 12.6 Å². The van der Waals surface area contributed by atoms with E-state index in [-0.39, 0.29) is 30.6 Å². The Morgan fingerprint density at radius 1 is 1.17 bits per heavy atom. The van der Waals surface area contributed by atoms with E-state index in [1.807, 2.05) is 0 Å². The normalized spacial score (nSPS) is 14.1. The van der Waals surface area contributed by atoms with E-state index in [2.05, 4.69) is 29.8 Å². The summed E-state index contributed by atoms with van der Waals surface area (Å²) in [4.78, 5) is 45.4.